The number of para-hydroxylation sites is 2. The zero-order chi connectivity index (χ0) is 18.0. The number of likely N-dealkylation sites (N-methyl/N-ethyl adjacent to an activating group) is 2. The topological polar surface area (TPSA) is 53.1 Å². The summed E-state index contributed by atoms with van der Waals surface area (Å²) < 4.78 is 6.11. The summed E-state index contributed by atoms with van der Waals surface area (Å²) in [6, 6.07) is 7.69. The lowest BCUT2D eigenvalue weighted by atomic mass is 10.1. The van der Waals surface area contributed by atoms with Crippen LogP contribution in [0.5, 0.6) is 5.75 Å². The predicted molar refractivity (Wildman–Crippen MR) is 96.8 cm³/mol. The number of carbonyl (C=O) groups is 2. The Kier molecular flexibility index (Phi) is 5.16. The van der Waals surface area contributed by atoms with E-state index in [1.54, 1.807) is 16.8 Å². The summed E-state index contributed by atoms with van der Waals surface area (Å²) in [6.45, 7) is 6.51. The SMILES string of the molecule is CCN1C[C@H](CN(C)C(=O)[C@@H]2CCCN2C(C)=O)Oc2ccccc21. The highest BCUT2D eigenvalue weighted by atomic mass is 16.5. The van der Waals surface area contributed by atoms with Crippen LogP contribution in [-0.2, 0) is 9.59 Å². The molecule has 0 radical (unpaired) electrons. The van der Waals surface area contributed by atoms with Gasteiger partial charge < -0.3 is 19.4 Å². The third-order valence-electron chi connectivity index (χ3n) is 5.10. The summed E-state index contributed by atoms with van der Waals surface area (Å²) in [5, 5.41) is 0. The van der Waals surface area contributed by atoms with Gasteiger partial charge in [-0.25, -0.2) is 0 Å². The average molecular weight is 345 g/mol. The van der Waals surface area contributed by atoms with Crippen LogP contribution in [0.2, 0.25) is 0 Å². The molecule has 1 fully saturated rings. The Balaban J connectivity index is 1.66. The number of hydrogen-bond donors (Lipinski definition) is 0. The van der Waals surface area contributed by atoms with Crippen molar-refractivity contribution in [1.82, 2.24) is 9.80 Å². The van der Waals surface area contributed by atoms with E-state index in [0.717, 1.165) is 37.4 Å². The molecular weight excluding hydrogens is 318 g/mol. The van der Waals surface area contributed by atoms with E-state index in [-0.39, 0.29) is 24.0 Å². The molecule has 2 atom stereocenters. The van der Waals surface area contributed by atoms with Crippen molar-refractivity contribution in [3.8, 4) is 5.75 Å². The van der Waals surface area contributed by atoms with Gasteiger partial charge in [0.2, 0.25) is 11.8 Å². The summed E-state index contributed by atoms with van der Waals surface area (Å²) in [5.74, 6) is 0.857. The molecule has 6 heteroatoms. The number of likely N-dealkylation sites (tertiary alicyclic amines) is 1. The zero-order valence-electron chi connectivity index (χ0n) is 15.3. The lowest BCUT2D eigenvalue weighted by molar-refractivity contribution is -0.142. The molecule has 1 aromatic rings. The van der Waals surface area contributed by atoms with Gasteiger partial charge in [-0.15, -0.1) is 0 Å². The molecule has 0 spiro atoms. The van der Waals surface area contributed by atoms with Gasteiger partial charge in [0.15, 0.2) is 0 Å². The quantitative estimate of drug-likeness (QED) is 0.834. The Morgan fingerprint density at radius 1 is 1.32 bits per heavy atom. The second kappa shape index (κ2) is 7.33. The fourth-order valence-corrected chi connectivity index (χ4v) is 3.82. The number of hydrogen-bond acceptors (Lipinski definition) is 4. The zero-order valence-corrected chi connectivity index (χ0v) is 15.3. The van der Waals surface area contributed by atoms with Gasteiger partial charge in [0.05, 0.1) is 18.8 Å². The first kappa shape index (κ1) is 17.6. The van der Waals surface area contributed by atoms with E-state index in [4.69, 9.17) is 4.74 Å². The summed E-state index contributed by atoms with van der Waals surface area (Å²) >= 11 is 0. The van der Waals surface area contributed by atoms with Crippen molar-refractivity contribution in [3.63, 3.8) is 0 Å². The summed E-state index contributed by atoms with van der Waals surface area (Å²) in [4.78, 5) is 30.2. The van der Waals surface area contributed by atoms with Crippen molar-refractivity contribution in [2.24, 2.45) is 0 Å². The van der Waals surface area contributed by atoms with Gasteiger partial charge in [0.25, 0.3) is 0 Å². The number of benzene rings is 1. The monoisotopic (exact) mass is 345 g/mol. The third-order valence-corrected chi connectivity index (χ3v) is 5.10. The van der Waals surface area contributed by atoms with Crippen molar-refractivity contribution in [1.29, 1.82) is 0 Å². The van der Waals surface area contributed by atoms with Crippen LogP contribution in [-0.4, -0.2) is 67.0 Å². The van der Waals surface area contributed by atoms with Crippen molar-refractivity contribution in [2.75, 3.05) is 38.1 Å². The summed E-state index contributed by atoms with van der Waals surface area (Å²) in [6.07, 6.45) is 1.56. The maximum Gasteiger partial charge on any atom is 0.245 e. The molecule has 2 aliphatic rings. The van der Waals surface area contributed by atoms with Crippen molar-refractivity contribution in [2.45, 2.75) is 38.8 Å². The molecule has 1 aromatic carbocycles. The van der Waals surface area contributed by atoms with E-state index < -0.39 is 0 Å². The highest BCUT2D eigenvalue weighted by molar-refractivity contribution is 5.87. The number of rotatable bonds is 4. The summed E-state index contributed by atoms with van der Waals surface area (Å²) in [7, 11) is 1.80. The molecule has 2 amide bonds. The van der Waals surface area contributed by atoms with E-state index in [1.807, 2.05) is 18.2 Å². The van der Waals surface area contributed by atoms with Crippen LogP contribution in [0.4, 0.5) is 5.69 Å². The van der Waals surface area contributed by atoms with Crippen LogP contribution in [0, 0.1) is 0 Å². The van der Waals surface area contributed by atoms with E-state index in [2.05, 4.69) is 17.9 Å². The molecular formula is C19H27N3O3. The molecule has 3 rings (SSSR count). The van der Waals surface area contributed by atoms with Gasteiger partial charge in [-0.3, -0.25) is 9.59 Å². The van der Waals surface area contributed by atoms with Crippen molar-refractivity contribution in [3.05, 3.63) is 24.3 Å². The Hall–Kier alpha value is -2.24. The van der Waals surface area contributed by atoms with Gasteiger partial charge in [0, 0.05) is 27.1 Å². The lowest BCUT2D eigenvalue weighted by Crippen LogP contribution is -2.51. The molecule has 2 heterocycles. The van der Waals surface area contributed by atoms with Crippen LogP contribution in [0.3, 0.4) is 0 Å². The minimum absolute atomic E-state index is 0.0122. The van der Waals surface area contributed by atoms with E-state index in [0.29, 0.717) is 13.1 Å². The molecule has 6 nitrogen and oxygen atoms in total. The molecule has 136 valence electrons. The number of fused-ring (bicyclic) bond motifs is 1. The molecule has 1 saturated heterocycles. The van der Waals surface area contributed by atoms with E-state index in [9.17, 15) is 9.59 Å². The van der Waals surface area contributed by atoms with E-state index in [1.165, 1.54) is 6.92 Å². The third kappa shape index (κ3) is 3.57. The largest absolute Gasteiger partial charge is 0.485 e. The Morgan fingerprint density at radius 2 is 2.08 bits per heavy atom. The Bertz CT molecular complexity index is 649. The molecule has 0 aromatic heterocycles. The molecule has 2 aliphatic heterocycles. The highest BCUT2D eigenvalue weighted by Crippen LogP contribution is 2.33. The molecule has 25 heavy (non-hydrogen) atoms. The molecule has 0 aliphatic carbocycles. The normalized spacial score (nSPS) is 22.4. The van der Waals surface area contributed by atoms with Crippen LogP contribution in [0.25, 0.3) is 0 Å². The fourth-order valence-electron chi connectivity index (χ4n) is 3.82. The predicted octanol–water partition coefficient (Wildman–Crippen LogP) is 1.74. The fraction of sp³-hybridized carbons (Fsp3) is 0.579. The smallest absolute Gasteiger partial charge is 0.245 e. The molecule has 0 unspecified atom stereocenters. The molecule has 0 bridgehead atoms. The Morgan fingerprint density at radius 3 is 2.80 bits per heavy atom. The minimum atomic E-state index is -0.319. The molecule has 0 saturated carbocycles. The summed E-state index contributed by atoms with van der Waals surface area (Å²) in [5.41, 5.74) is 1.11. The number of carbonyl (C=O) groups excluding carboxylic acids is 2. The van der Waals surface area contributed by atoms with Crippen molar-refractivity contribution >= 4 is 17.5 Å². The van der Waals surface area contributed by atoms with E-state index >= 15 is 0 Å². The second-order valence-electron chi connectivity index (χ2n) is 6.84. The minimum Gasteiger partial charge on any atom is -0.485 e. The number of anilines is 1. The van der Waals surface area contributed by atoms with Gasteiger partial charge in [-0.1, -0.05) is 12.1 Å². The first-order chi connectivity index (χ1) is 12.0. The Labute approximate surface area is 149 Å². The van der Waals surface area contributed by atoms with Crippen LogP contribution in [0.15, 0.2) is 24.3 Å². The number of nitrogens with zero attached hydrogens (tertiary/aromatic N) is 3. The highest BCUT2D eigenvalue weighted by Gasteiger charge is 2.35. The maximum absolute atomic E-state index is 12.8. The lowest BCUT2D eigenvalue weighted by Gasteiger charge is -2.37. The van der Waals surface area contributed by atoms with Crippen LogP contribution >= 0.6 is 0 Å². The van der Waals surface area contributed by atoms with Crippen molar-refractivity contribution < 1.29 is 14.3 Å². The van der Waals surface area contributed by atoms with Crippen LogP contribution < -0.4 is 9.64 Å². The first-order valence-electron chi connectivity index (χ1n) is 9.04. The second-order valence-corrected chi connectivity index (χ2v) is 6.84. The standard InChI is InChI=1S/C19H27N3O3/c1-4-21-13-15(25-18-10-6-5-8-16(18)21)12-20(3)19(24)17-9-7-11-22(17)14(2)23/h5-6,8,10,15,17H,4,7,9,11-13H2,1-3H3/t15-,17-/m0/s1. The van der Waals surface area contributed by atoms with Gasteiger partial charge in [-0.2, -0.15) is 0 Å². The number of amides is 2. The molecule has 0 N–H and O–H groups in total. The van der Waals surface area contributed by atoms with Gasteiger partial charge in [-0.05, 0) is 31.9 Å². The van der Waals surface area contributed by atoms with Gasteiger partial charge in [0.1, 0.15) is 17.9 Å². The maximum atomic E-state index is 12.8. The average Bonchev–Trinajstić information content (AvgIpc) is 3.10. The van der Waals surface area contributed by atoms with Crippen LogP contribution in [0.1, 0.15) is 26.7 Å². The first-order valence-corrected chi connectivity index (χ1v) is 9.04. The number of ether oxygens (including phenoxy) is 1. The van der Waals surface area contributed by atoms with Gasteiger partial charge >= 0.3 is 0 Å².